The molecule has 16 heavy (non-hydrogen) atoms. The zero-order chi connectivity index (χ0) is 10.8. The lowest BCUT2D eigenvalue weighted by Crippen LogP contribution is -2.33. The molecule has 2 aromatic heterocycles. The van der Waals surface area contributed by atoms with Gasteiger partial charge in [0.15, 0.2) is 0 Å². The normalized spacial score (nSPS) is 19.6. The highest BCUT2D eigenvalue weighted by Crippen LogP contribution is 2.18. The Balaban J connectivity index is 1.58. The number of hydrogen-bond donors (Lipinski definition) is 2. The molecule has 1 unspecified atom stereocenters. The molecule has 0 spiro atoms. The molecule has 0 saturated heterocycles. The quantitative estimate of drug-likeness (QED) is 0.830. The molecule has 3 rings (SSSR count). The lowest BCUT2D eigenvalue weighted by molar-refractivity contribution is 0.452. The largest absolute Gasteiger partial charge is 0.308 e. The lowest BCUT2D eigenvalue weighted by Gasteiger charge is -2.22. The van der Waals surface area contributed by atoms with Crippen molar-refractivity contribution < 1.29 is 0 Å². The molecular formula is C10H13N5S. The molecule has 0 amide bonds. The zero-order valence-corrected chi connectivity index (χ0v) is 9.63. The van der Waals surface area contributed by atoms with E-state index in [9.17, 15) is 0 Å². The maximum Gasteiger partial charge on any atom is 0.0893 e. The number of rotatable bonds is 3. The molecule has 2 aromatic rings. The minimum atomic E-state index is 0.534. The van der Waals surface area contributed by atoms with E-state index in [1.165, 1.54) is 22.8 Å². The van der Waals surface area contributed by atoms with E-state index >= 15 is 0 Å². The zero-order valence-electron chi connectivity index (χ0n) is 8.81. The summed E-state index contributed by atoms with van der Waals surface area (Å²) in [6.45, 7) is 0.814. The number of fused-ring (bicyclic) bond motifs is 1. The van der Waals surface area contributed by atoms with Crippen LogP contribution in [0.25, 0.3) is 0 Å². The molecular weight excluding hydrogens is 222 g/mol. The number of nitrogens with one attached hydrogen (secondary N) is 2. The van der Waals surface area contributed by atoms with Crippen LogP contribution in [0.4, 0.5) is 0 Å². The van der Waals surface area contributed by atoms with E-state index in [0.29, 0.717) is 6.04 Å². The van der Waals surface area contributed by atoms with E-state index in [0.717, 1.165) is 31.5 Å². The van der Waals surface area contributed by atoms with Crippen LogP contribution >= 0.6 is 11.5 Å². The summed E-state index contributed by atoms with van der Waals surface area (Å²) in [6.07, 6.45) is 5.24. The fourth-order valence-corrected chi connectivity index (χ4v) is 2.55. The molecule has 0 fully saturated rings. The molecule has 84 valence electrons. The Bertz CT molecular complexity index is 449. The minimum Gasteiger partial charge on any atom is -0.308 e. The summed E-state index contributed by atoms with van der Waals surface area (Å²) in [7, 11) is 0. The van der Waals surface area contributed by atoms with Gasteiger partial charge in [-0.3, -0.25) is 5.10 Å². The summed E-state index contributed by atoms with van der Waals surface area (Å²) in [6, 6.07) is 0.534. The summed E-state index contributed by atoms with van der Waals surface area (Å²) in [5.74, 6) is 0. The van der Waals surface area contributed by atoms with Crippen LogP contribution in [-0.4, -0.2) is 25.8 Å². The number of aryl methyl sites for hydroxylation is 1. The number of H-pyrrole nitrogens is 1. The molecule has 0 bridgehead atoms. The Morgan fingerprint density at radius 1 is 1.56 bits per heavy atom. The SMILES string of the molecule is c1snnc1CNC1CCc2[nH]ncc2C1. The molecule has 2 heterocycles. The van der Waals surface area contributed by atoms with Crippen molar-refractivity contribution in [3.8, 4) is 0 Å². The first kappa shape index (κ1) is 9.92. The van der Waals surface area contributed by atoms with Crippen LogP contribution in [0.2, 0.25) is 0 Å². The van der Waals surface area contributed by atoms with E-state index in [-0.39, 0.29) is 0 Å². The van der Waals surface area contributed by atoms with Gasteiger partial charge in [0.1, 0.15) is 0 Å². The molecule has 6 heteroatoms. The van der Waals surface area contributed by atoms with Crippen LogP contribution in [0.1, 0.15) is 23.4 Å². The van der Waals surface area contributed by atoms with Gasteiger partial charge in [0.25, 0.3) is 0 Å². The maximum atomic E-state index is 4.07. The topological polar surface area (TPSA) is 66.5 Å². The smallest absolute Gasteiger partial charge is 0.0893 e. The van der Waals surface area contributed by atoms with Crippen LogP contribution in [0.5, 0.6) is 0 Å². The van der Waals surface area contributed by atoms with Gasteiger partial charge in [-0.15, -0.1) is 5.10 Å². The average molecular weight is 235 g/mol. The van der Waals surface area contributed by atoms with Gasteiger partial charge < -0.3 is 5.32 Å². The molecule has 1 aliphatic rings. The van der Waals surface area contributed by atoms with E-state index in [1.807, 2.05) is 11.6 Å². The molecule has 0 aliphatic heterocycles. The van der Waals surface area contributed by atoms with Gasteiger partial charge in [0, 0.05) is 23.7 Å². The molecule has 1 atom stereocenters. The summed E-state index contributed by atoms with van der Waals surface area (Å²) < 4.78 is 3.85. The summed E-state index contributed by atoms with van der Waals surface area (Å²) in [5.41, 5.74) is 3.68. The van der Waals surface area contributed by atoms with Crippen LogP contribution in [-0.2, 0) is 19.4 Å². The van der Waals surface area contributed by atoms with E-state index in [1.54, 1.807) is 0 Å². The monoisotopic (exact) mass is 235 g/mol. The van der Waals surface area contributed by atoms with Gasteiger partial charge in [-0.1, -0.05) is 4.49 Å². The summed E-state index contributed by atoms with van der Waals surface area (Å²) in [5, 5.41) is 16.6. The second kappa shape index (κ2) is 4.31. The fraction of sp³-hybridized carbons (Fsp3) is 0.500. The number of aromatic nitrogens is 4. The molecule has 0 saturated carbocycles. The predicted molar refractivity (Wildman–Crippen MR) is 61.1 cm³/mol. The number of aromatic amines is 1. The fourth-order valence-electron chi connectivity index (χ4n) is 2.10. The molecule has 5 nitrogen and oxygen atoms in total. The van der Waals surface area contributed by atoms with Gasteiger partial charge in [-0.05, 0) is 36.4 Å². The third kappa shape index (κ3) is 1.98. The lowest BCUT2D eigenvalue weighted by atomic mass is 9.93. The number of hydrogen-bond acceptors (Lipinski definition) is 5. The summed E-state index contributed by atoms with van der Waals surface area (Å²) >= 11 is 1.40. The Hall–Kier alpha value is -1.27. The van der Waals surface area contributed by atoms with Gasteiger partial charge in [0.05, 0.1) is 11.9 Å². The maximum absolute atomic E-state index is 4.07. The average Bonchev–Trinajstić information content (AvgIpc) is 2.97. The van der Waals surface area contributed by atoms with Crippen molar-refractivity contribution in [3.63, 3.8) is 0 Å². The first-order valence-corrected chi connectivity index (χ1v) is 6.26. The van der Waals surface area contributed by atoms with Gasteiger partial charge in [-0.25, -0.2) is 0 Å². The predicted octanol–water partition coefficient (Wildman–Crippen LogP) is 0.908. The highest BCUT2D eigenvalue weighted by atomic mass is 32.1. The van der Waals surface area contributed by atoms with Crippen molar-refractivity contribution in [2.75, 3.05) is 0 Å². The Labute approximate surface area is 97.4 Å². The van der Waals surface area contributed by atoms with Gasteiger partial charge in [-0.2, -0.15) is 5.10 Å². The minimum absolute atomic E-state index is 0.534. The van der Waals surface area contributed by atoms with E-state index in [4.69, 9.17) is 0 Å². The Morgan fingerprint density at radius 3 is 3.44 bits per heavy atom. The van der Waals surface area contributed by atoms with E-state index in [2.05, 4.69) is 25.1 Å². The summed E-state index contributed by atoms with van der Waals surface area (Å²) in [4.78, 5) is 0. The highest BCUT2D eigenvalue weighted by molar-refractivity contribution is 7.03. The van der Waals surface area contributed by atoms with Crippen molar-refractivity contribution >= 4 is 11.5 Å². The van der Waals surface area contributed by atoms with Crippen molar-refractivity contribution in [3.05, 3.63) is 28.5 Å². The van der Waals surface area contributed by atoms with Crippen LogP contribution in [0, 0.1) is 0 Å². The first-order chi connectivity index (χ1) is 7.92. The second-order valence-electron chi connectivity index (χ2n) is 4.09. The molecule has 2 N–H and O–H groups in total. The van der Waals surface area contributed by atoms with Gasteiger partial charge >= 0.3 is 0 Å². The van der Waals surface area contributed by atoms with Crippen molar-refractivity contribution in [2.45, 2.75) is 31.8 Å². The van der Waals surface area contributed by atoms with Crippen LogP contribution < -0.4 is 5.32 Å². The Morgan fingerprint density at radius 2 is 2.56 bits per heavy atom. The van der Waals surface area contributed by atoms with Crippen LogP contribution in [0.15, 0.2) is 11.6 Å². The second-order valence-corrected chi connectivity index (χ2v) is 4.70. The standard InChI is InChI=1S/C10H13N5S/c1-2-10-7(4-12-14-10)3-8(1)11-5-9-6-16-15-13-9/h4,6,8,11H,1-3,5H2,(H,12,14). The number of nitrogens with zero attached hydrogens (tertiary/aromatic N) is 3. The van der Waals surface area contributed by atoms with Gasteiger partial charge in [0.2, 0.25) is 0 Å². The third-order valence-electron chi connectivity index (χ3n) is 2.99. The molecule has 1 aliphatic carbocycles. The first-order valence-electron chi connectivity index (χ1n) is 5.42. The van der Waals surface area contributed by atoms with E-state index < -0.39 is 0 Å². The highest BCUT2D eigenvalue weighted by Gasteiger charge is 2.19. The van der Waals surface area contributed by atoms with Crippen LogP contribution in [0.3, 0.4) is 0 Å². The van der Waals surface area contributed by atoms with Crippen molar-refractivity contribution in [1.29, 1.82) is 0 Å². The molecule has 0 aromatic carbocycles. The van der Waals surface area contributed by atoms with Crippen molar-refractivity contribution in [2.24, 2.45) is 0 Å². The Kier molecular flexibility index (Phi) is 2.67. The molecule has 0 radical (unpaired) electrons. The third-order valence-corrected chi connectivity index (χ3v) is 3.55. The van der Waals surface area contributed by atoms with Crippen molar-refractivity contribution in [1.82, 2.24) is 25.1 Å².